The molecule has 2 heterocycles. The molecule has 140 valence electrons. The zero-order valence-electron chi connectivity index (χ0n) is 15.4. The third kappa shape index (κ3) is 3.47. The van der Waals surface area contributed by atoms with E-state index in [1.807, 2.05) is 41.3 Å². The molecule has 2 N–H and O–H groups in total. The lowest BCUT2D eigenvalue weighted by Gasteiger charge is -2.42. The Labute approximate surface area is 159 Å². The van der Waals surface area contributed by atoms with E-state index < -0.39 is 6.10 Å². The van der Waals surface area contributed by atoms with Gasteiger partial charge in [0.15, 0.2) is 0 Å². The lowest BCUT2D eigenvalue weighted by molar-refractivity contribution is -0.143. The second-order valence-corrected chi connectivity index (χ2v) is 7.38. The first kappa shape index (κ1) is 17.7. The molecule has 2 aliphatic rings. The van der Waals surface area contributed by atoms with Gasteiger partial charge in [-0.3, -0.25) is 4.79 Å². The molecule has 1 saturated heterocycles. The molecule has 0 spiro atoms. The predicted octanol–water partition coefficient (Wildman–Crippen LogP) is 2.70. The van der Waals surface area contributed by atoms with Crippen LogP contribution in [0.2, 0.25) is 0 Å². The highest BCUT2D eigenvalue weighted by molar-refractivity contribution is 6.04. The van der Waals surface area contributed by atoms with Crippen LogP contribution in [0.5, 0.6) is 0 Å². The van der Waals surface area contributed by atoms with Crippen molar-refractivity contribution in [2.75, 3.05) is 19.6 Å². The van der Waals surface area contributed by atoms with Crippen LogP contribution in [0.25, 0.3) is 0 Å². The van der Waals surface area contributed by atoms with Crippen molar-refractivity contribution >= 4 is 11.6 Å². The van der Waals surface area contributed by atoms with Crippen LogP contribution in [-0.4, -0.2) is 42.3 Å². The fraction of sp³-hybridized carbons (Fsp3) is 0.364. The molecule has 0 bridgehead atoms. The van der Waals surface area contributed by atoms with Crippen LogP contribution in [-0.2, 0) is 15.0 Å². The zero-order chi connectivity index (χ0) is 18.7. The van der Waals surface area contributed by atoms with Crippen LogP contribution >= 0.6 is 0 Å². The van der Waals surface area contributed by atoms with Gasteiger partial charge in [-0.05, 0) is 24.0 Å². The van der Waals surface area contributed by atoms with Crippen molar-refractivity contribution in [1.82, 2.24) is 4.90 Å². The van der Waals surface area contributed by atoms with Gasteiger partial charge in [-0.2, -0.15) is 0 Å². The summed E-state index contributed by atoms with van der Waals surface area (Å²) in [4.78, 5) is 20.3. The molecule has 1 fully saturated rings. The molecule has 1 amide bonds. The maximum Gasteiger partial charge on any atom is 0.266 e. The number of nitrogens with zero attached hydrogens (tertiary/aromatic N) is 2. The van der Waals surface area contributed by atoms with Crippen molar-refractivity contribution in [3.8, 4) is 0 Å². The van der Waals surface area contributed by atoms with Crippen LogP contribution < -0.4 is 5.73 Å². The molecule has 0 aromatic heterocycles. The van der Waals surface area contributed by atoms with Crippen molar-refractivity contribution < 1.29 is 9.63 Å². The van der Waals surface area contributed by atoms with Gasteiger partial charge in [0.05, 0.1) is 5.71 Å². The van der Waals surface area contributed by atoms with Gasteiger partial charge in [-0.15, -0.1) is 0 Å². The number of hydrogen-bond acceptors (Lipinski definition) is 4. The van der Waals surface area contributed by atoms with E-state index in [-0.39, 0.29) is 11.3 Å². The highest BCUT2D eigenvalue weighted by Crippen LogP contribution is 2.35. The predicted molar refractivity (Wildman–Crippen MR) is 105 cm³/mol. The Morgan fingerprint density at radius 1 is 1.07 bits per heavy atom. The molecule has 5 heteroatoms. The average molecular weight is 363 g/mol. The lowest BCUT2D eigenvalue weighted by Crippen LogP contribution is -2.50. The fourth-order valence-electron chi connectivity index (χ4n) is 4.07. The molecule has 1 atom stereocenters. The number of carbonyl (C=O) groups excluding carboxylic acids is 1. The Kier molecular flexibility index (Phi) is 4.94. The number of piperidine rings is 1. The summed E-state index contributed by atoms with van der Waals surface area (Å²) in [5.74, 6) is 0.0309. The molecule has 27 heavy (non-hydrogen) atoms. The lowest BCUT2D eigenvalue weighted by atomic mass is 9.73. The first-order valence-corrected chi connectivity index (χ1v) is 9.54. The minimum Gasteiger partial charge on any atom is -0.382 e. The Morgan fingerprint density at radius 2 is 1.70 bits per heavy atom. The van der Waals surface area contributed by atoms with E-state index in [0.29, 0.717) is 26.1 Å². The minimum absolute atomic E-state index is 0.0309. The van der Waals surface area contributed by atoms with Gasteiger partial charge in [0.25, 0.3) is 5.91 Å². The summed E-state index contributed by atoms with van der Waals surface area (Å²) in [6.07, 6.45) is 1.76. The van der Waals surface area contributed by atoms with Gasteiger partial charge < -0.3 is 15.5 Å². The van der Waals surface area contributed by atoms with E-state index in [4.69, 9.17) is 10.6 Å². The summed E-state index contributed by atoms with van der Waals surface area (Å²) in [6, 6.07) is 20.3. The highest BCUT2D eigenvalue weighted by Gasteiger charge is 2.39. The summed E-state index contributed by atoms with van der Waals surface area (Å²) in [5.41, 5.74) is 9.23. The molecule has 0 saturated carbocycles. The number of benzene rings is 2. The summed E-state index contributed by atoms with van der Waals surface area (Å²) >= 11 is 0. The number of rotatable bonds is 4. The molecule has 5 nitrogen and oxygen atoms in total. The summed E-state index contributed by atoms with van der Waals surface area (Å²) in [5, 5.41) is 4.14. The van der Waals surface area contributed by atoms with Gasteiger partial charge in [0, 0.05) is 31.5 Å². The third-order valence-electron chi connectivity index (χ3n) is 5.86. The first-order valence-electron chi connectivity index (χ1n) is 9.54. The maximum atomic E-state index is 12.9. The minimum atomic E-state index is -0.512. The van der Waals surface area contributed by atoms with Crippen LogP contribution in [0.1, 0.15) is 30.4 Å². The number of hydrogen-bond donors (Lipinski definition) is 1. The van der Waals surface area contributed by atoms with Crippen LogP contribution in [0.15, 0.2) is 65.8 Å². The van der Waals surface area contributed by atoms with Gasteiger partial charge in [0.1, 0.15) is 0 Å². The first-order chi connectivity index (χ1) is 13.2. The summed E-state index contributed by atoms with van der Waals surface area (Å²) < 4.78 is 0. The molecule has 2 aliphatic heterocycles. The number of amides is 1. The standard InChI is InChI=1S/C22H25N3O2/c23-16-22(18-9-5-2-6-10-18)11-13-25(14-12-22)21(26)20-15-19(24-27-20)17-7-3-1-4-8-17/h1-10,20H,11-16,23H2/t20-/m0/s1. The topological polar surface area (TPSA) is 67.9 Å². The van der Waals surface area contributed by atoms with Crippen molar-refractivity contribution in [2.24, 2.45) is 10.9 Å². The molecule has 2 aromatic carbocycles. The largest absolute Gasteiger partial charge is 0.382 e. The Balaban J connectivity index is 1.38. The summed E-state index contributed by atoms with van der Waals surface area (Å²) in [6.45, 7) is 2.00. The molecule has 2 aromatic rings. The van der Waals surface area contributed by atoms with Crippen LogP contribution in [0.4, 0.5) is 0 Å². The zero-order valence-corrected chi connectivity index (χ0v) is 15.4. The highest BCUT2D eigenvalue weighted by atomic mass is 16.6. The van der Waals surface area contributed by atoms with Gasteiger partial charge in [-0.25, -0.2) is 0 Å². The Hall–Kier alpha value is -2.66. The van der Waals surface area contributed by atoms with Crippen molar-refractivity contribution in [1.29, 1.82) is 0 Å². The van der Waals surface area contributed by atoms with Gasteiger partial charge >= 0.3 is 0 Å². The average Bonchev–Trinajstić information content (AvgIpc) is 3.25. The molecular formula is C22H25N3O2. The van der Waals surface area contributed by atoms with Crippen molar-refractivity contribution in [2.45, 2.75) is 30.8 Å². The van der Waals surface area contributed by atoms with Gasteiger partial charge in [-0.1, -0.05) is 65.8 Å². The van der Waals surface area contributed by atoms with Gasteiger partial charge in [0.2, 0.25) is 6.10 Å². The maximum absolute atomic E-state index is 12.9. The Morgan fingerprint density at radius 3 is 2.33 bits per heavy atom. The number of likely N-dealkylation sites (tertiary alicyclic amines) is 1. The summed E-state index contributed by atoms with van der Waals surface area (Å²) in [7, 11) is 0. The Bertz CT molecular complexity index is 812. The van der Waals surface area contributed by atoms with Crippen molar-refractivity contribution in [3.63, 3.8) is 0 Å². The number of carbonyl (C=O) groups is 1. The van der Waals surface area contributed by atoms with E-state index in [1.54, 1.807) is 0 Å². The van der Waals surface area contributed by atoms with Crippen LogP contribution in [0.3, 0.4) is 0 Å². The second kappa shape index (κ2) is 7.53. The second-order valence-electron chi connectivity index (χ2n) is 7.38. The van der Waals surface area contributed by atoms with E-state index >= 15 is 0 Å². The fourth-order valence-corrected chi connectivity index (χ4v) is 4.07. The quantitative estimate of drug-likeness (QED) is 0.908. The smallest absolute Gasteiger partial charge is 0.266 e. The molecule has 4 rings (SSSR count). The normalized spacial score (nSPS) is 21.4. The number of nitrogens with two attached hydrogens (primary N) is 1. The SMILES string of the molecule is NCC1(c2ccccc2)CCN(C(=O)[C@@H]2CC(c3ccccc3)=NO2)CC1. The molecular weight excluding hydrogens is 338 g/mol. The van der Waals surface area contributed by atoms with Crippen LogP contribution in [0, 0.1) is 0 Å². The molecule has 0 aliphatic carbocycles. The van der Waals surface area contributed by atoms with E-state index in [2.05, 4.69) is 29.4 Å². The van der Waals surface area contributed by atoms with E-state index in [9.17, 15) is 4.79 Å². The van der Waals surface area contributed by atoms with E-state index in [0.717, 1.165) is 24.1 Å². The molecule has 0 unspecified atom stereocenters. The monoisotopic (exact) mass is 363 g/mol. The van der Waals surface area contributed by atoms with E-state index in [1.165, 1.54) is 5.56 Å². The third-order valence-corrected chi connectivity index (χ3v) is 5.86. The molecule has 0 radical (unpaired) electrons. The van der Waals surface area contributed by atoms with Crippen molar-refractivity contribution in [3.05, 3.63) is 71.8 Å². The number of oxime groups is 1.